The van der Waals surface area contributed by atoms with Gasteiger partial charge in [0.1, 0.15) is 11.6 Å². The maximum Gasteiger partial charge on any atom is 0.434 e. The number of rotatable bonds is 1. The fraction of sp³-hybridized carbons (Fsp3) is 0.571. The minimum Gasteiger partial charge on any atom is -0.330 e. The van der Waals surface area contributed by atoms with Crippen LogP contribution in [0.15, 0.2) is 12.3 Å². The first kappa shape index (κ1) is 13.4. The molecule has 2 heterocycles. The number of Topliss-reactive ketones (excluding diaryl/α,β-unsaturated/α-hetero) is 1. The zero-order valence-electron chi connectivity index (χ0n) is 10.9. The predicted molar refractivity (Wildman–Crippen MR) is 66.7 cm³/mol. The average Bonchev–Trinajstić information content (AvgIpc) is 2.82. The topological polar surface area (TPSA) is 34.9 Å². The maximum atomic E-state index is 12.6. The summed E-state index contributed by atoms with van der Waals surface area (Å²) in [6.07, 6.45) is 3.45. The normalized spacial score (nSPS) is 26.6. The number of alkyl halides is 3. The van der Waals surface area contributed by atoms with Crippen molar-refractivity contribution in [2.24, 2.45) is 11.8 Å². The van der Waals surface area contributed by atoms with Gasteiger partial charge in [-0.25, -0.2) is 4.98 Å². The number of carbonyl (C=O) groups excluding carboxylic acids is 1. The van der Waals surface area contributed by atoms with Gasteiger partial charge in [0.05, 0.1) is 0 Å². The van der Waals surface area contributed by atoms with E-state index in [1.807, 2.05) is 6.08 Å². The summed E-state index contributed by atoms with van der Waals surface area (Å²) in [6.45, 7) is 0.408. The highest BCUT2D eigenvalue weighted by molar-refractivity contribution is 5.82. The van der Waals surface area contributed by atoms with Crippen molar-refractivity contribution in [3.63, 3.8) is 0 Å². The van der Waals surface area contributed by atoms with Gasteiger partial charge in [-0.3, -0.25) is 4.79 Å². The molecule has 0 radical (unpaired) electrons. The SMILES string of the molecule is O=C1CCCCC1C1C=Cc2nc(C(F)(F)F)cn2C1. The Morgan fingerprint density at radius 1 is 1.30 bits per heavy atom. The van der Waals surface area contributed by atoms with Crippen molar-refractivity contribution >= 4 is 11.9 Å². The molecule has 0 spiro atoms. The highest BCUT2D eigenvalue weighted by Gasteiger charge is 2.36. The summed E-state index contributed by atoms with van der Waals surface area (Å²) < 4.78 is 39.4. The van der Waals surface area contributed by atoms with Gasteiger partial charge in [0.2, 0.25) is 0 Å². The number of fused-ring (bicyclic) bond motifs is 1. The second-order valence-corrected chi connectivity index (χ2v) is 5.48. The first-order chi connectivity index (χ1) is 9.45. The zero-order chi connectivity index (χ0) is 14.3. The van der Waals surface area contributed by atoms with Crippen LogP contribution in [0.5, 0.6) is 0 Å². The van der Waals surface area contributed by atoms with Gasteiger partial charge in [-0.1, -0.05) is 12.5 Å². The van der Waals surface area contributed by atoms with Crippen LogP contribution in [0.3, 0.4) is 0 Å². The van der Waals surface area contributed by atoms with Crippen molar-refractivity contribution < 1.29 is 18.0 Å². The van der Waals surface area contributed by atoms with Gasteiger partial charge in [0, 0.05) is 31.0 Å². The van der Waals surface area contributed by atoms with Crippen LogP contribution >= 0.6 is 0 Å². The second kappa shape index (κ2) is 4.75. The number of halogens is 3. The zero-order valence-corrected chi connectivity index (χ0v) is 10.9. The van der Waals surface area contributed by atoms with Gasteiger partial charge in [-0.2, -0.15) is 13.2 Å². The molecule has 108 valence electrons. The van der Waals surface area contributed by atoms with Crippen molar-refractivity contribution in [3.05, 3.63) is 23.8 Å². The standard InChI is InChI=1S/C14H15F3N2O/c15-14(16,17)12-8-19-7-9(5-6-13(19)18-12)10-3-1-2-4-11(10)20/h5-6,8-10H,1-4,7H2. The Morgan fingerprint density at radius 3 is 2.80 bits per heavy atom. The molecule has 1 fully saturated rings. The Hall–Kier alpha value is -1.59. The lowest BCUT2D eigenvalue weighted by Crippen LogP contribution is -2.30. The monoisotopic (exact) mass is 284 g/mol. The van der Waals surface area contributed by atoms with Crippen LogP contribution in [0.1, 0.15) is 37.2 Å². The fourth-order valence-corrected chi connectivity index (χ4v) is 3.07. The number of allylic oxidation sites excluding steroid dienone is 1. The van der Waals surface area contributed by atoms with Gasteiger partial charge in [-0.15, -0.1) is 0 Å². The van der Waals surface area contributed by atoms with Crippen LogP contribution in [-0.4, -0.2) is 15.3 Å². The summed E-state index contributed by atoms with van der Waals surface area (Å²) >= 11 is 0. The first-order valence-corrected chi connectivity index (χ1v) is 6.80. The molecule has 20 heavy (non-hydrogen) atoms. The third-order valence-electron chi connectivity index (χ3n) is 4.12. The largest absolute Gasteiger partial charge is 0.434 e. The van der Waals surface area contributed by atoms with E-state index in [-0.39, 0.29) is 17.6 Å². The van der Waals surface area contributed by atoms with Gasteiger partial charge < -0.3 is 4.57 Å². The first-order valence-electron chi connectivity index (χ1n) is 6.80. The molecular weight excluding hydrogens is 269 g/mol. The van der Waals surface area contributed by atoms with Crippen LogP contribution in [0.4, 0.5) is 13.2 Å². The number of carbonyl (C=O) groups is 1. The number of ketones is 1. The third kappa shape index (κ3) is 2.39. The molecule has 0 N–H and O–H groups in total. The third-order valence-corrected chi connectivity index (χ3v) is 4.12. The number of aromatic nitrogens is 2. The molecule has 0 bridgehead atoms. The molecule has 2 aliphatic rings. The van der Waals surface area contributed by atoms with Gasteiger partial charge >= 0.3 is 6.18 Å². The molecule has 2 unspecified atom stereocenters. The smallest absolute Gasteiger partial charge is 0.330 e. The summed E-state index contributed by atoms with van der Waals surface area (Å²) in [6, 6.07) is 0. The van der Waals surface area contributed by atoms with Crippen molar-refractivity contribution in [1.29, 1.82) is 0 Å². The van der Waals surface area contributed by atoms with E-state index in [1.54, 1.807) is 6.08 Å². The van der Waals surface area contributed by atoms with Crippen molar-refractivity contribution in [1.82, 2.24) is 9.55 Å². The molecule has 1 aliphatic heterocycles. The summed E-state index contributed by atoms with van der Waals surface area (Å²) in [5.41, 5.74) is -0.868. The van der Waals surface area contributed by atoms with Gasteiger partial charge in [0.15, 0.2) is 5.69 Å². The summed E-state index contributed by atoms with van der Waals surface area (Å²) in [7, 11) is 0. The van der Waals surface area contributed by atoms with Crippen LogP contribution in [-0.2, 0) is 17.5 Å². The van der Waals surface area contributed by atoms with E-state index in [4.69, 9.17) is 0 Å². The van der Waals surface area contributed by atoms with Gasteiger partial charge in [-0.05, 0) is 18.9 Å². The van der Waals surface area contributed by atoms with Crippen LogP contribution < -0.4 is 0 Å². The van der Waals surface area contributed by atoms with Crippen LogP contribution in [0, 0.1) is 11.8 Å². The Labute approximate surface area is 114 Å². The maximum absolute atomic E-state index is 12.6. The molecule has 3 rings (SSSR count). The minimum atomic E-state index is -4.42. The molecule has 1 aromatic heterocycles. The summed E-state index contributed by atoms with van der Waals surface area (Å²) in [5.74, 6) is 0.498. The molecule has 0 aromatic carbocycles. The second-order valence-electron chi connectivity index (χ2n) is 5.48. The Morgan fingerprint density at radius 2 is 2.10 bits per heavy atom. The lowest BCUT2D eigenvalue weighted by atomic mass is 9.78. The van der Waals surface area contributed by atoms with Gasteiger partial charge in [0.25, 0.3) is 0 Å². The van der Waals surface area contributed by atoms with Crippen LogP contribution in [0.2, 0.25) is 0 Å². The Balaban J connectivity index is 1.81. The Bertz CT molecular complexity index is 559. The number of nitrogens with zero attached hydrogens (tertiary/aromatic N) is 2. The average molecular weight is 284 g/mol. The quantitative estimate of drug-likeness (QED) is 0.793. The summed E-state index contributed by atoms with van der Waals surface area (Å²) in [4.78, 5) is 15.5. The molecule has 1 saturated carbocycles. The van der Waals surface area contributed by atoms with E-state index in [1.165, 1.54) is 4.57 Å². The molecule has 1 aromatic rings. The van der Waals surface area contributed by atoms with E-state index in [2.05, 4.69) is 4.98 Å². The molecule has 0 saturated heterocycles. The Kier molecular flexibility index (Phi) is 3.18. The van der Waals surface area contributed by atoms with E-state index in [0.717, 1.165) is 25.5 Å². The molecule has 1 aliphatic carbocycles. The number of imidazole rings is 1. The highest BCUT2D eigenvalue weighted by atomic mass is 19.4. The lowest BCUT2D eigenvalue weighted by molar-refractivity contribution is -0.141. The molecule has 6 heteroatoms. The van der Waals surface area contributed by atoms with E-state index in [9.17, 15) is 18.0 Å². The summed E-state index contributed by atoms with van der Waals surface area (Å²) in [5, 5.41) is 0. The van der Waals surface area contributed by atoms with Crippen molar-refractivity contribution in [2.45, 2.75) is 38.4 Å². The number of hydrogen-bond donors (Lipinski definition) is 0. The molecular formula is C14H15F3N2O. The highest BCUT2D eigenvalue weighted by Crippen LogP contribution is 2.34. The molecule has 3 nitrogen and oxygen atoms in total. The molecule has 2 atom stereocenters. The fourth-order valence-electron chi connectivity index (χ4n) is 3.07. The van der Waals surface area contributed by atoms with Crippen molar-refractivity contribution in [3.8, 4) is 0 Å². The molecule has 0 amide bonds. The predicted octanol–water partition coefficient (Wildman–Crippen LogP) is 3.30. The van der Waals surface area contributed by atoms with E-state index < -0.39 is 11.9 Å². The number of hydrogen-bond acceptors (Lipinski definition) is 2. The lowest BCUT2D eigenvalue weighted by Gasteiger charge is -2.29. The van der Waals surface area contributed by atoms with E-state index >= 15 is 0 Å². The van der Waals surface area contributed by atoms with E-state index in [0.29, 0.717) is 18.8 Å². The van der Waals surface area contributed by atoms with Crippen LogP contribution in [0.25, 0.3) is 6.08 Å². The van der Waals surface area contributed by atoms with Crippen molar-refractivity contribution in [2.75, 3.05) is 0 Å². The minimum absolute atomic E-state index is 0.00872.